The Hall–Kier alpha value is -3.06. The number of aliphatic imine (C=N–C) groups is 1. The van der Waals surface area contributed by atoms with Crippen LogP contribution in [0.3, 0.4) is 0 Å². The quantitative estimate of drug-likeness (QED) is 0.533. The van der Waals surface area contributed by atoms with Crippen LogP contribution in [0.15, 0.2) is 71.4 Å². The van der Waals surface area contributed by atoms with Gasteiger partial charge < -0.3 is 15.4 Å². The van der Waals surface area contributed by atoms with E-state index in [1.54, 1.807) is 6.92 Å². The molecule has 2 N–H and O–H groups in total. The molecule has 1 aliphatic rings. The molecule has 2 aromatic carbocycles. The Labute approximate surface area is 193 Å². The number of rotatable bonds is 9. The third-order valence-electron chi connectivity index (χ3n) is 4.84. The lowest BCUT2D eigenvalue weighted by Crippen LogP contribution is -2.34. The first-order valence-electron chi connectivity index (χ1n) is 10.8. The fraction of sp³-hybridized carbons (Fsp3) is 0.320. The number of hydrogen-bond donors (Lipinski definition) is 2. The van der Waals surface area contributed by atoms with Gasteiger partial charge in [-0.05, 0) is 50.5 Å². The molecule has 32 heavy (non-hydrogen) atoms. The second kappa shape index (κ2) is 12.1. The molecule has 6 nitrogen and oxygen atoms in total. The van der Waals surface area contributed by atoms with Gasteiger partial charge in [0.25, 0.3) is 0 Å². The maximum absolute atomic E-state index is 12.5. The van der Waals surface area contributed by atoms with Crippen LogP contribution in [0.4, 0.5) is 11.4 Å². The highest BCUT2D eigenvalue weighted by atomic mass is 32.2. The van der Waals surface area contributed by atoms with Crippen molar-refractivity contribution in [2.45, 2.75) is 39.2 Å². The minimum Gasteiger partial charge on any atom is -0.466 e. The van der Waals surface area contributed by atoms with E-state index in [0.717, 1.165) is 24.2 Å². The van der Waals surface area contributed by atoms with Crippen LogP contribution in [-0.4, -0.2) is 35.3 Å². The van der Waals surface area contributed by atoms with Crippen molar-refractivity contribution < 1.29 is 14.3 Å². The number of ether oxygens (including phenoxy) is 1. The molecule has 1 atom stereocenters. The number of nitrogens with one attached hydrogen (secondary N) is 2. The Bertz CT molecular complexity index is 989. The van der Waals surface area contributed by atoms with Crippen LogP contribution in [0.1, 0.15) is 32.3 Å². The monoisotopic (exact) mass is 451 g/mol. The first-order valence-corrected chi connectivity index (χ1v) is 11.8. The first-order chi connectivity index (χ1) is 15.5. The van der Waals surface area contributed by atoms with E-state index >= 15 is 0 Å². The van der Waals surface area contributed by atoms with Crippen LogP contribution in [0, 0.1) is 0 Å². The largest absolute Gasteiger partial charge is 0.466 e. The van der Waals surface area contributed by atoms with E-state index < -0.39 is 0 Å². The summed E-state index contributed by atoms with van der Waals surface area (Å²) in [6.07, 6.45) is 3.73. The molecule has 0 spiro atoms. The van der Waals surface area contributed by atoms with Crippen molar-refractivity contribution in [2.75, 3.05) is 17.7 Å². The average Bonchev–Trinajstić information content (AvgIpc) is 2.95. The van der Waals surface area contributed by atoms with Crippen molar-refractivity contribution in [3.05, 3.63) is 71.9 Å². The maximum Gasteiger partial charge on any atom is 0.311 e. The fourth-order valence-corrected chi connectivity index (χ4v) is 4.03. The van der Waals surface area contributed by atoms with Crippen molar-refractivity contribution in [3.8, 4) is 0 Å². The van der Waals surface area contributed by atoms with Gasteiger partial charge in [-0.15, -0.1) is 0 Å². The molecule has 1 aliphatic heterocycles. The van der Waals surface area contributed by atoms with E-state index in [2.05, 4.69) is 27.8 Å². The zero-order chi connectivity index (χ0) is 22.8. The highest BCUT2D eigenvalue weighted by Gasteiger charge is 2.16. The third kappa shape index (κ3) is 7.57. The average molecular weight is 452 g/mol. The van der Waals surface area contributed by atoms with Gasteiger partial charge in [0.05, 0.1) is 35.2 Å². The van der Waals surface area contributed by atoms with Crippen LogP contribution in [-0.2, 0) is 20.7 Å². The Balaban J connectivity index is 1.57. The second-order valence-electron chi connectivity index (χ2n) is 7.53. The molecule has 0 fully saturated rings. The number of aryl methyl sites for hydroxylation is 1. The predicted octanol–water partition coefficient (Wildman–Crippen LogP) is 4.85. The highest BCUT2D eigenvalue weighted by molar-refractivity contribution is 8.14. The van der Waals surface area contributed by atoms with E-state index in [-0.39, 0.29) is 30.1 Å². The number of hydrogen-bond acceptors (Lipinski definition) is 6. The molecule has 0 saturated heterocycles. The summed E-state index contributed by atoms with van der Waals surface area (Å²) in [6, 6.07) is 18.0. The molecule has 0 aromatic heterocycles. The van der Waals surface area contributed by atoms with E-state index in [0.29, 0.717) is 17.3 Å². The molecule has 0 bridgehead atoms. The van der Waals surface area contributed by atoms with Crippen LogP contribution in [0.2, 0.25) is 0 Å². The molecule has 7 heteroatoms. The van der Waals surface area contributed by atoms with Gasteiger partial charge in [-0.1, -0.05) is 54.2 Å². The van der Waals surface area contributed by atoms with Crippen LogP contribution in [0.5, 0.6) is 0 Å². The standard InChI is InChI=1S/C25H29N3O3S/c1-3-31-25(30)16-20-15-24(28-22-12-8-7-11-21(22)27-20)32-17-23(29)26-18(2)13-14-19-9-5-4-6-10-19/h4-12,15,18,27H,3,13-14,16-17H2,1-2H3,(H,26,29). The smallest absolute Gasteiger partial charge is 0.311 e. The van der Waals surface area contributed by atoms with Gasteiger partial charge in [-0.3, -0.25) is 9.59 Å². The van der Waals surface area contributed by atoms with Gasteiger partial charge >= 0.3 is 5.97 Å². The molecular weight excluding hydrogens is 422 g/mol. The topological polar surface area (TPSA) is 79.8 Å². The maximum atomic E-state index is 12.5. The SMILES string of the molecule is CCOC(=O)CC1=CC(SCC(=O)NC(C)CCc2ccccc2)=Nc2ccccc2N1. The van der Waals surface area contributed by atoms with Gasteiger partial charge in [0, 0.05) is 11.7 Å². The zero-order valence-electron chi connectivity index (χ0n) is 18.5. The molecule has 0 saturated carbocycles. The number of amides is 1. The summed E-state index contributed by atoms with van der Waals surface area (Å²) in [7, 11) is 0. The van der Waals surface area contributed by atoms with E-state index in [1.165, 1.54) is 17.3 Å². The first kappa shape index (κ1) is 23.6. The van der Waals surface area contributed by atoms with E-state index in [9.17, 15) is 9.59 Å². The Morgan fingerprint density at radius 3 is 2.66 bits per heavy atom. The lowest BCUT2D eigenvalue weighted by atomic mass is 10.1. The molecule has 0 aliphatic carbocycles. The Kier molecular flexibility index (Phi) is 8.92. The van der Waals surface area contributed by atoms with Crippen molar-refractivity contribution in [3.63, 3.8) is 0 Å². The highest BCUT2D eigenvalue weighted by Crippen LogP contribution is 2.31. The van der Waals surface area contributed by atoms with Gasteiger partial charge in [-0.2, -0.15) is 0 Å². The van der Waals surface area contributed by atoms with E-state index in [1.807, 2.05) is 55.5 Å². The number of para-hydroxylation sites is 2. The summed E-state index contributed by atoms with van der Waals surface area (Å²) in [6.45, 7) is 4.14. The second-order valence-corrected chi connectivity index (χ2v) is 8.52. The summed E-state index contributed by atoms with van der Waals surface area (Å²) in [5, 5.41) is 7.00. The van der Waals surface area contributed by atoms with Gasteiger partial charge in [0.1, 0.15) is 0 Å². The lowest BCUT2D eigenvalue weighted by molar-refractivity contribution is -0.142. The van der Waals surface area contributed by atoms with E-state index in [4.69, 9.17) is 4.74 Å². The van der Waals surface area contributed by atoms with Crippen LogP contribution < -0.4 is 10.6 Å². The van der Waals surface area contributed by atoms with Gasteiger partial charge in [-0.25, -0.2) is 4.99 Å². The number of benzene rings is 2. The van der Waals surface area contributed by atoms with Gasteiger partial charge in [0.2, 0.25) is 5.91 Å². The third-order valence-corrected chi connectivity index (χ3v) is 5.75. The molecule has 0 radical (unpaired) electrons. The molecule has 2 aromatic rings. The lowest BCUT2D eigenvalue weighted by Gasteiger charge is -2.14. The van der Waals surface area contributed by atoms with Crippen LogP contribution in [0.25, 0.3) is 0 Å². The van der Waals surface area contributed by atoms with Crippen LogP contribution >= 0.6 is 11.8 Å². The molecular formula is C25H29N3O3S. The molecule has 3 rings (SSSR count). The number of anilines is 1. The fourth-order valence-electron chi connectivity index (χ4n) is 3.28. The number of esters is 1. The van der Waals surface area contributed by atoms with Crippen molar-refractivity contribution in [1.29, 1.82) is 0 Å². The number of thioether (sulfide) groups is 1. The Morgan fingerprint density at radius 1 is 1.12 bits per heavy atom. The summed E-state index contributed by atoms with van der Waals surface area (Å²) >= 11 is 1.35. The van der Waals surface area contributed by atoms with Crippen molar-refractivity contribution in [1.82, 2.24) is 5.32 Å². The van der Waals surface area contributed by atoms with Crippen molar-refractivity contribution in [2.24, 2.45) is 4.99 Å². The number of nitrogens with zero attached hydrogens (tertiary/aromatic N) is 1. The number of carbonyl (C=O) groups excluding carboxylic acids is 2. The van der Waals surface area contributed by atoms with Gasteiger partial charge in [0.15, 0.2) is 0 Å². The Morgan fingerprint density at radius 2 is 1.88 bits per heavy atom. The molecule has 1 amide bonds. The number of fused-ring (bicyclic) bond motifs is 1. The zero-order valence-corrected chi connectivity index (χ0v) is 19.3. The number of carbonyl (C=O) groups is 2. The van der Waals surface area contributed by atoms with Crippen molar-refractivity contribution >= 4 is 40.1 Å². The summed E-state index contributed by atoms with van der Waals surface area (Å²) in [4.78, 5) is 29.1. The predicted molar refractivity (Wildman–Crippen MR) is 131 cm³/mol. The minimum absolute atomic E-state index is 0.0379. The molecule has 1 heterocycles. The molecule has 168 valence electrons. The molecule has 1 unspecified atom stereocenters. The summed E-state index contributed by atoms with van der Waals surface area (Å²) in [5.41, 5.74) is 3.54. The minimum atomic E-state index is -0.306. The normalized spacial score (nSPS) is 13.6. The summed E-state index contributed by atoms with van der Waals surface area (Å²) in [5.74, 6) is -0.0936. The summed E-state index contributed by atoms with van der Waals surface area (Å²) < 4.78 is 5.07.